The fourth-order valence-electron chi connectivity index (χ4n) is 1.35. The molecule has 20 heavy (non-hydrogen) atoms. The van der Waals surface area contributed by atoms with E-state index < -0.39 is 11.5 Å². The summed E-state index contributed by atoms with van der Waals surface area (Å²) in [7, 11) is 1.57. The molecule has 0 atom stereocenters. The zero-order valence-corrected chi connectivity index (χ0v) is 12.9. The number of amides is 1. The first-order chi connectivity index (χ1) is 9.14. The van der Waals surface area contributed by atoms with Gasteiger partial charge in [-0.15, -0.1) is 0 Å². The maximum atomic E-state index is 11.9. The minimum absolute atomic E-state index is 0.0560. The number of halogens is 2. The molecule has 0 aliphatic heterocycles. The molecule has 7 heteroatoms. The van der Waals surface area contributed by atoms with Crippen molar-refractivity contribution in [1.29, 1.82) is 0 Å². The molecule has 2 N–H and O–H groups in total. The van der Waals surface area contributed by atoms with Crippen LogP contribution < -0.4 is 5.32 Å². The number of carbonyl (C=O) groups is 2. The van der Waals surface area contributed by atoms with Crippen LogP contribution in [-0.4, -0.2) is 41.0 Å². The van der Waals surface area contributed by atoms with Crippen LogP contribution in [0.3, 0.4) is 0 Å². The second-order valence-electron chi connectivity index (χ2n) is 4.90. The number of nitrogens with zero attached hydrogens (tertiary/aromatic N) is 1. The van der Waals surface area contributed by atoms with E-state index in [1.807, 2.05) is 0 Å². The quantitative estimate of drug-likeness (QED) is 0.875. The number of nitrogens with one attached hydrogen (secondary N) is 1. The predicted octanol–water partition coefficient (Wildman–Crippen LogP) is 2.73. The molecule has 0 heterocycles. The Morgan fingerprint density at radius 2 is 1.90 bits per heavy atom. The SMILES string of the molecule is CN(CC(=O)Nc1ccc(Cl)c(Cl)c1)C(C)(C)C(=O)O. The van der Waals surface area contributed by atoms with Crippen molar-refractivity contribution in [3.63, 3.8) is 0 Å². The minimum Gasteiger partial charge on any atom is -0.480 e. The van der Waals surface area contributed by atoms with Gasteiger partial charge in [-0.3, -0.25) is 14.5 Å². The van der Waals surface area contributed by atoms with Crippen LogP contribution in [0, 0.1) is 0 Å². The van der Waals surface area contributed by atoms with Gasteiger partial charge in [0.15, 0.2) is 0 Å². The van der Waals surface area contributed by atoms with Crippen molar-refractivity contribution in [3.8, 4) is 0 Å². The third kappa shape index (κ3) is 4.10. The summed E-state index contributed by atoms with van der Waals surface area (Å²) >= 11 is 11.6. The molecule has 0 fully saturated rings. The molecule has 1 aromatic rings. The number of likely N-dealkylation sites (N-methyl/N-ethyl adjacent to an activating group) is 1. The Morgan fingerprint density at radius 1 is 1.30 bits per heavy atom. The van der Waals surface area contributed by atoms with Gasteiger partial charge in [0.2, 0.25) is 5.91 Å². The molecule has 0 spiro atoms. The molecule has 1 rings (SSSR count). The molecular weight excluding hydrogens is 303 g/mol. The zero-order chi connectivity index (χ0) is 15.5. The van der Waals surface area contributed by atoms with Crippen LogP contribution in [0.2, 0.25) is 10.0 Å². The Hall–Kier alpha value is -1.30. The largest absolute Gasteiger partial charge is 0.480 e. The summed E-state index contributed by atoms with van der Waals surface area (Å²) in [6, 6.07) is 4.73. The van der Waals surface area contributed by atoms with E-state index in [0.717, 1.165) is 0 Å². The monoisotopic (exact) mass is 318 g/mol. The summed E-state index contributed by atoms with van der Waals surface area (Å²) in [6.07, 6.45) is 0. The molecule has 110 valence electrons. The van der Waals surface area contributed by atoms with Gasteiger partial charge < -0.3 is 10.4 Å². The highest BCUT2D eigenvalue weighted by atomic mass is 35.5. The standard InChI is InChI=1S/C13H16Cl2N2O3/c1-13(2,12(19)20)17(3)7-11(18)16-8-4-5-9(14)10(15)6-8/h4-6H,7H2,1-3H3,(H,16,18)(H,19,20). The van der Waals surface area contributed by atoms with Gasteiger partial charge in [0, 0.05) is 5.69 Å². The predicted molar refractivity (Wildman–Crippen MR) is 79.4 cm³/mol. The number of anilines is 1. The summed E-state index contributed by atoms with van der Waals surface area (Å²) in [5, 5.41) is 12.4. The van der Waals surface area contributed by atoms with Gasteiger partial charge >= 0.3 is 5.97 Å². The molecular formula is C13H16Cl2N2O3. The van der Waals surface area contributed by atoms with Gasteiger partial charge in [0.1, 0.15) is 5.54 Å². The molecule has 0 saturated carbocycles. The summed E-state index contributed by atoms with van der Waals surface area (Å²) in [4.78, 5) is 24.4. The van der Waals surface area contributed by atoms with Crippen molar-refractivity contribution < 1.29 is 14.7 Å². The van der Waals surface area contributed by atoms with E-state index in [2.05, 4.69) is 5.32 Å². The Bertz CT molecular complexity index is 532. The zero-order valence-electron chi connectivity index (χ0n) is 11.4. The second kappa shape index (κ2) is 6.43. The van der Waals surface area contributed by atoms with E-state index >= 15 is 0 Å². The van der Waals surface area contributed by atoms with Crippen LogP contribution in [-0.2, 0) is 9.59 Å². The highest BCUT2D eigenvalue weighted by Gasteiger charge is 2.32. The Morgan fingerprint density at radius 3 is 2.40 bits per heavy atom. The fourth-order valence-corrected chi connectivity index (χ4v) is 1.65. The highest BCUT2D eigenvalue weighted by molar-refractivity contribution is 6.42. The first kappa shape index (κ1) is 16.8. The molecule has 5 nitrogen and oxygen atoms in total. The van der Waals surface area contributed by atoms with Crippen molar-refractivity contribution in [2.24, 2.45) is 0 Å². The van der Waals surface area contributed by atoms with Crippen LogP contribution in [0.15, 0.2) is 18.2 Å². The number of carboxylic acid groups (broad SMARTS) is 1. The van der Waals surface area contributed by atoms with E-state index in [1.54, 1.807) is 19.2 Å². The van der Waals surface area contributed by atoms with E-state index in [9.17, 15) is 9.59 Å². The molecule has 0 aromatic heterocycles. The van der Waals surface area contributed by atoms with Gasteiger partial charge in [-0.05, 0) is 39.1 Å². The van der Waals surface area contributed by atoms with Gasteiger partial charge in [0.05, 0.1) is 16.6 Å². The maximum Gasteiger partial charge on any atom is 0.323 e. The molecule has 0 aliphatic rings. The summed E-state index contributed by atoms with van der Waals surface area (Å²) < 4.78 is 0. The molecule has 0 saturated heterocycles. The Labute approximate surface area is 127 Å². The van der Waals surface area contributed by atoms with E-state index in [-0.39, 0.29) is 12.5 Å². The van der Waals surface area contributed by atoms with Crippen molar-refractivity contribution in [3.05, 3.63) is 28.2 Å². The second-order valence-corrected chi connectivity index (χ2v) is 5.71. The van der Waals surface area contributed by atoms with Crippen molar-refractivity contribution in [1.82, 2.24) is 4.90 Å². The maximum absolute atomic E-state index is 11.9. The van der Waals surface area contributed by atoms with Crippen LogP contribution in [0.4, 0.5) is 5.69 Å². The first-order valence-electron chi connectivity index (χ1n) is 5.84. The lowest BCUT2D eigenvalue weighted by molar-refractivity contribution is -0.148. The third-order valence-electron chi connectivity index (χ3n) is 3.06. The van der Waals surface area contributed by atoms with Crippen LogP contribution in [0.25, 0.3) is 0 Å². The Balaban J connectivity index is 2.68. The minimum atomic E-state index is -1.13. The van der Waals surface area contributed by atoms with Crippen molar-refractivity contribution in [2.75, 3.05) is 18.9 Å². The number of hydrogen-bond acceptors (Lipinski definition) is 3. The van der Waals surface area contributed by atoms with Gasteiger partial charge in [-0.2, -0.15) is 0 Å². The summed E-state index contributed by atoms with van der Waals surface area (Å²) in [5.74, 6) is -1.33. The molecule has 1 aromatic carbocycles. The average molecular weight is 319 g/mol. The van der Waals surface area contributed by atoms with Gasteiger partial charge in [0.25, 0.3) is 0 Å². The topological polar surface area (TPSA) is 69.6 Å². The number of benzene rings is 1. The molecule has 0 bridgehead atoms. The first-order valence-corrected chi connectivity index (χ1v) is 6.59. The van der Waals surface area contributed by atoms with Gasteiger partial charge in [-0.1, -0.05) is 23.2 Å². The number of rotatable bonds is 5. The molecule has 0 radical (unpaired) electrons. The number of hydrogen-bond donors (Lipinski definition) is 2. The number of aliphatic carboxylic acids is 1. The highest BCUT2D eigenvalue weighted by Crippen LogP contribution is 2.25. The van der Waals surface area contributed by atoms with Crippen LogP contribution >= 0.6 is 23.2 Å². The number of carboxylic acids is 1. The van der Waals surface area contributed by atoms with E-state index in [1.165, 1.54) is 24.8 Å². The van der Waals surface area contributed by atoms with E-state index in [0.29, 0.717) is 15.7 Å². The lowest BCUT2D eigenvalue weighted by atomic mass is 10.0. The Kier molecular flexibility index (Phi) is 5.39. The third-order valence-corrected chi connectivity index (χ3v) is 3.80. The fraction of sp³-hybridized carbons (Fsp3) is 0.385. The van der Waals surface area contributed by atoms with Crippen molar-refractivity contribution in [2.45, 2.75) is 19.4 Å². The van der Waals surface area contributed by atoms with E-state index in [4.69, 9.17) is 28.3 Å². The normalized spacial score (nSPS) is 11.5. The number of carbonyl (C=O) groups excluding carboxylic acids is 1. The average Bonchev–Trinajstić information content (AvgIpc) is 2.33. The van der Waals surface area contributed by atoms with Crippen molar-refractivity contribution >= 4 is 40.8 Å². The molecule has 0 unspecified atom stereocenters. The summed E-state index contributed by atoms with van der Waals surface area (Å²) in [5.41, 5.74) is -0.624. The molecule has 0 aliphatic carbocycles. The lowest BCUT2D eigenvalue weighted by Crippen LogP contribution is -2.50. The van der Waals surface area contributed by atoms with Crippen LogP contribution in [0.5, 0.6) is 0 Å². The van der Waals surface area contributed by atoms with Crippen LogP contribution in [0.1, 0.15) is 13.8 Å². The lowest BCUT2D eigenvalue weighted by Gasteiger charge is -2.30. The smallest absolute Gasteiger partial charge is 0.323 e. The molecule has 1 amide bonds. The van der Waals surface area contributed by atoms with Gasteiger partial charge in [-0.25, -0.2) is 0 Å². The summed E-state index contributed by atoms with van der Waals surface area (Å²) in [6.45, 7) is 3.00.